The number of rotatable bonds is 3. The van der Waals surface area contributed by atoms with Gasteiger partial charge in [0.05, 0.1) is 11.5 Å². The molecule has 1 aromatic rings. The lowest BCUT2D eigenvalue weighted by Crippen LogP contribution is -1.93. The van der Waals surface area contributed by atoms with E-state index in [1.165, 1.54) is 24.3 Å². The van der Waals surface area contributed by atoms with Crippen molar-refractivity contribution < 1.29 is 9.72 Å². The van der Waals surface area contributed by atoms with Crippen LogP contribution in [-0.2, 0) is 11.3 Å². The smallest absolute Gasteiger partial charge is 0.258 e. The van der Waals surface area contributed by atoms with E-state index < -0.39 is 4.92 Å². The zero-order chi connectivity index (χ0) is 11.3. The van der Waals surface area contributed by atoms with Crippen LogP contribution in [0, 0.1) is 21.4 Å². The molecule has 0 aliphatic heterocycles. The number of hydrogen-bond acceptors (Lipinski definition) is 5. The van der Waals surface area contributed by atoms with Gasteiger partial charge in [-0.2, -0.15) is 5.26 Å². The molecular weight excluding hydrogens is 198 g/mol. The molecule has 6 nitrogen and oxygen atoms in total. The summed E-state index contributed by atoms with van der Waals surface area (Å²) in [6.45, 7) is 0.0656. The molecule has 0 unspecified atom stereocenters. The van der Waals surface area contributed by atoms with Gasteiger partial charge in [-0.1, -0.05) is 6.07 Å². The third kappa shape index (κ3) is 2.46. The predicted molar refractivity (Wildman–Crippen MR) is 49.6 cm³/mol. The Hall–Kier alpha value is -2.51. The second kappa shape index (κ2) is 4.65. The Morgan fingerprint density at radius 1 is 1.53 bits per heavy atom. The highest BCUT2D eigenvalue weighted by Crippen LogP contribution is 2.19. The number of hydrogen-bond donors (Lipinski definition) is 0. The minimum Gasteiger partial charge on any atom is -0.258 e. The van der Waals surface area contributed by atoms with E-state index in [1.54, 1.807) is 6.07 Å². The molecule has 0 radical (unpaired) electrons. The molecule has 15 heavy (non-hydrogen) atoms. The predicted octanol–water partition coefficient (Wildman–Crippen LogP) is 1.30. The maximum Gasteiger partial charge on any atom is 0.287 e. The van der Waals surface area contributed by atoms with Crippen LogP contribution in [0.25, 0.3) is 0 Å². The van der Waals surface area contributed by atoms with Gasteiger partial charge in [-0.3, -0.25) is 10.1 Å². The van der Waals surface area contributed by atoms with Gasteiger partial charge in [0.1, 0.15) is 11.6 Å². The SMILES string of the molecule is N#Cc1cc(CN=C=O)ccc1[N+](=O)[O-]. The highest BCUT2D eigenvalue weighted by atomic mass is 16.6. The molecule has 0 atom stereocenters. The van der Waals surface area contributed by atoms with Crippen LogP contribution >= 0.6 is 0 Å². The molecule has 1 rings (SSSR count). The largest absolute Gasteiger partial charge is 0.287 e. The molecule has 0 aromatic heterocycles. The molecule has 0 aliphatic rings. The molecule has 0 saturated heterocycles. The van der Waals surface area contributed by atoms with Crippen molar-refractivity contribution in [3.63, 3.8) is 0 Å². The van der Waals surface area contributed by atoms with E-state index in [0.29, 0.717) is 5.56 Å². The number of aliphatic imine (C=N–C) groups is 1. The van der Waals surface area contributed by atoms with Crippen LogP contribution in [0.3, 0.4) is 0 Å². The summed E-state index contributed by atoms with van der Waals surface area (Å²) in [5.41, 5.74) is 0.260. The Balaban J connectivity index is 3.14. The Bertz CT molecular complexity index is 484. The molecule has 0 bridgehead atoms. The van der Waals surface area contributed by atoms with E-state index in [-0.39, 0.29) is 17.8 Å². The second-order valence-electron chi connectivity index (χ2n) is 2.63. The number of benzene rings is 1. The standard InChI is InChI=1S/C9H5N3O3/c10-4-8-3-7(5-11-6-13)1-2-9(8)12(14)15/h1-3H,5H2. The summed E-state index contributed by atoms with van der Waals surface area (Å²) >= 11 is 0. The van der Waals surface area contributed by atoms with Gasteiger partial charge in [0, 0.05) is 6.07 Å². The van der Waals surface area contributed by atoms with E-state index in [1.807, 2.05) is 0 Å². The Labute approximate surface area is 84.6 Å². The fourth-order valence-electron chi connectivity index (χ4n) is 1.05. The van der Waals surface area contributed by atoms with Gasteiger partial charge in [0.15, 0.2) is 0 Å². The fraction of sp³-hybridized carbons (Fsp3) is 0.111. The van der Waals surface area contributed by atoms with Crippen molar-refractivity contribution in [1.29, 1.82) is 5.26 Å². The molecule has 0 amide bonds. The van der Waals surface area contributed by atoms with Gasteiger partial charge in [0.2, 0.25) is 6.08 Å². The van der Waals surface area contributed by atoms with Crippen LogP contribution in [0.2, 0.25) is 0 Å². The second-order valence-corrected chi connectivity index (χ2v) is 2.63. The summed E-state index contributed by atoms with van der Waals surface area (Å²) in [5.74, 6) is 0. The normalized spacial score (nSPS) is 8.73. The summed E-state index contributed by atoms with van der Waals surface area (Å²) in [7, 11) is 0. The van der Waals surface area contributed by atoms with Crippen molar-refractivity contribution in [2.24, 2.45) is 4.99 Å². The van der Waals surface area contributed by atoms with E-state index >= 15 is 0 Å². The van der Waals surface area contributed by atoms with Crippen LogP contribution in [0.1, 0.15) is 11.1 Å². The zero-order valence-corrected chi connectivity index (χ0v) is 7.51. The lowest BCUT2D eigenvalue weighted by Gasteiger charge is -1.97. The topological polar surface area (TPSA) is 96.4 Å². The molecule has 0 fully saturated rings. The Kier molecular flexibility index (Phi) is 3.28. The molecule has 0 saturated carbocycles. The van der Waals surface area contributed by atoms with Crippen molar-refractivity contribution in [1.82, 2.24) is 0 Å². The maximum absolute atomic E-state index is 10.5. The first kappa shape index (κ1) is 10.6. The molecule has 0 heterocycles. The number of nitriles is 1. The minimum atomic E-state index is -0.634. The molecular formula is C9H5N3O3. The van der Waals surface area contributed by atoms with Crippen molar-refractivity contribution in [3.8, 4) is 6.07 Å². The first-order valence-electron chi connectivity index (χ1n) is 3.90. The number of nitrogens with zero attached hydrogens (tertiary/aromatic N) is 3. The van der Waals surface area contributed by atoms with Crippen LogP contribution < -0.4 is 0 Å². The van der Waals surface area contributed by atoms with E-state index in [4.69, 9.17) is 5.26 Å². The quantitative estimate of drug-likeness (QED) is 0.320. The molecule has 0 N–H and O–H groups in total. The number of carbonyl (C=O) groups excluding carboxylic acids is 1. The van der Waals surface area contributed by atoms with Crippen molar-refractivity contribution in [3.05, 3.63) is 39.4 Å². The first-order chi connectivity index (χ1) is 7.19. The van der Waals surface area contributed by atoms with E-state index in [9.17, 15) is 14.9 Å². The molecule has 1 aromatic carbocycles. The minimum absolute atomic E-state index is 0.0430. The van der Waals surface area contributed by atoms with Gasteiger partial charge in [-0.25, -0.2) is 9.79 Å². The molecule has 74 valence electrons. The van der Waals surface area contributed by atoms with Gasteiger partial charge in [-0.05, 0) is 11.6 Å². The average molecular weight is 203 g/mol. The van der Waals surface area contributed by atoms with Gasteiger partial charge in [0.25, 0.3) is 5.69 Å². The lowest BCUT2D eigenvalue weighted by molar-refractivity contribution is -0.385. The van der Waals surface area contributed by atoms with Crippen LogP contribution in [0.15, 0.2) is 23.2 Å². The van der Waals surface area contributed by atoms with Crippen LogP contribution in [0.5, 0.6) is 0 Å². The fourth-order valence-corrected chi connectivity index (χ4v) is 1.05. The zero-order valence-electron chi connectivity index (χ0n) is 7.51. The van der Waals surface area contributed by atoms with Crippen molar-refractivity contribution in [2.45, 2.75) is 6.54 Å². The number of nitro groups is 1. The highest BCUT2D eigenvalue weighted by molar-refractivity contribution is 5.50. The molecule has 0 aliphatic carbocycles. The third-order valence-electron chi connectivity index (χ3n) is 1.70. The first-order valence-corrected chi connectivity index (χ1v) is 3.90. The van der Waals surface area contributed by atoms with E-state index in [2.05, 4.69) is 4.99 Å². The molecule has 0 spiro atoms. The van der Waals surface area contributed by atoms with Gasteiger partial charge in [-0.15, -0.1) is 0 Å². The summed E-state index contributed by atoms with van der Waals surface area (Å²) in [5, 5.41) is 19.1. The van der Waals surface area contributed by atoms with Gasteiger partial charge < -0.3 is 0 Å². The summed E-state index contributed by atoms with van der Waals surface area (Å²) < 4.78 is 0. The lowest BCUT2D eigenvalue weighted by atomic mass is 10.1. The van der Waals surface area contributed by atoms with Crippen molar-refractivity contribution in [2.75, 3.05) is 0 Å². The number of nitro benzene ring substituents is 1. The highest BCUT2D eigenvalue weighted by Gasteiger charge is 2.13. The Morgan fingerprint density at radius 3 is 2.80 bits per heavy atom. The summed E-state index contributed by atoms with van der Waals surface area (Å²) in [6, 6.07) is 5.70. The average Bonchev–Trinajstić information content (AvgIpc) is 2.25. The maximum atomic E-state index is 10.5. The Morgan fingerprint density at radius 2 is 2.27 bits per heavy atom. The number of isocyanates is 1. The van der Waals surface area contributed by atoms with Crippen LogP contribution in [-0.4, -0.2) is 11.0 Å². The van der Waals surface area contributed by atoms with Crippen LogP contribution in [0.4, 0.5) is 5.69 Å². The molecule has 6 heteroatoms. The van der Waals surface area contributed by atoms with Crippen molar-refractivity contribution >= 4 is 11.8 Å². The summed E-state index contributed by atoms with van der Waals surface area (Å²) in [6.07, 6.45) is 1.35. The summed E-state index contributed by atoms with van der Waals surface area (Å²) in [4.78, 5) is 23.0. The van der Waals surface area contributed by atoms with Gasteiger partial charge >= 0.3 is 0 Å². The third-order valence-corrected chi connectivity index (χ3v) is 1.70. The van der Waals surface area contributed by atoms with E-state index in [0.717, 1.165) is 0 Å². The monoisotopic (exact) mass is 203 g/mol.